The minimum absolute atomic E-state index is 0.631. The van der Waals surface area contributed by atoms with Crippen LogP contribution in [-0.2, 0) is 14.4 Å². The summed E-state index contributed by atoms with van der Waals surface area (Å²) in [5, 5.41) is 19.2. The first kappa shape index (κ1) is 9.41. The van der Waals surface area contributed by atoms with Gasteiger partial charge < -0.3 is 15.1 Å². The van der Waals surface area contributed by atoms with Gasteiger partial charge in [0.05, 0.1) is 6.42 Å². The maximum Gasteiger partial charge on any atom is 0.348 e. The minimum Gasteiger partial charge on any atom is -0.481 e. The van der Waals surface area contributed by atoms with Crippen LogP contribution in [0.3, 0.4) is 0 Å². The molecular formula is C5H7NO5. The number of aliphatic carboxylic acids is 2. The van der Waals surface area contributed by atoms with E-state index in [0.29, 0.717) is 0 Å². The molecule has 0 rings (SSSR count). The fourth-order valence-electron chi connectivity index (χ4n) is 0.418. The van der Waals surface area contributed by atoms with E-state index < -0.39 is 24.5 Å². The topological polar surface area (TPSA) is 96.2 Å². The highest BCUT2D eigenvalue weighted by molar-refractivity contribution is 5.79. The molecule has 0 fully saturated rings. The molecule has 0 aliphatic carbocycles. The Hall–Kier alpha value is -1.59. The van der Waals surface area contributed by atoms with Crippen LogP contribution in [0.1, 0.15) is 6.42 Å². The number of hydrogen-bond donors (Lipinski definition) is 2. The highest BCUT2D eigenvalue weighted by Crippen LogP contribution is 1.98. The molecule has 0 aromatic heterocycles. The van der Waals surface area contributed by atoms with Gasteiger partial charge in [0.2, 0.25) is 6.10 Å². The minimum atomic E-state index is -1.45. The van der Waals surface area contributed by atoms with E-state index in [1.54, 1.807) is 0 Å². The molecule has 11 heavy (non-hydrogen) atoms. The lowest BCUT2D eigenvalue weighted by Crippen LogP contribution is -2.24. The first-order valence-corrected chi connectivity index (χ1v) is 2.64. The van der Waals surface area contributed by atoms with E-state index in [1.807, 2.05) is 0 Å². The summed E-state index contributed by atoms with van der Waals surface area (Å²) in [6, 6.07) is 0. The second-order valence-corrected chi connectivity index (χ2v) is 1.66. The van der Waals surface area contributed by atoms with Gasteiger partial charge in [0.15, 0.2) is 0 Å². The van der Waals surface area contributed by atoms with Crippen LogP contribution in [0, 0.1) is 0 Å². The zero-order valence-electron chi connectivity index (χ0n) is 5.56. The zero-order chi connectivity index (χ0) is 8.85. The summed E-state index contributed by atoms with van der Waals surface area (Å²) >= 11 is 0. The van der Waals surface area contributed by atoms with Gasteiger partial charge in [-0.3, -0.25) is 4.79 Å². The van der Waals surface area contributed by atoms with E-state index in [1.165, 1.54) is 0 Å². The van der Waals surface area contributed by atoms with E-state index >= 15 is 0 Å². The zero-order valence-corrected chi connectivity index (χ0v) is 5.56. The molecule has 0 aliphatic rings. The molecule has 6 nitrogen and oxygen atoms in total. The van der Waals surface area contributed by atoms with Crippen molar-refractivity contribution >= 4 is 18.7 Å². The van der Waals surface area contributed by atoms with Crippen molar-refractivity contribution < 1.29 is 24.6 Å². The molecular weight excluding hydrogens is 154 g/mol. The third-order valence-corrected chi connectivity index (χ3v) is 0.837. The van der Waals surface area contributed by atoms with E-state index in [0.717, 1.165) is 0 Å². The summed E-state index contributed by atoms with van der Waals surface area (Å²) in [5.41, 5.74) is 0. The highest BCUT2D eigenvalue weighted by atomic mass is 16.6. The van der Waals surface area contributed by atoms with Gasteiger partial charge in [0, 0.05) is 6.72 Å². The van der Waals surface area contributed by atoms with Crippen LogP contribution in [0.5, 0.6) is 0 Å². The van der Waals surface area contributed by atoms with Crippen molar-refractivity contribution in [2.24, 2.45) is 5.16 Å². The summed E-state index contributed by atoms with van der Waals surface area (Å²) in [6.07, 6.45) is -2.08. The molecule has 0 radical (unpaired) electrons. The number of carbonyl (C=O) groups is 2. The summed E-state index contributed by atoms with van der Waals surface area (Å²) in [5.74, 6) is -2.64. The Labute approximate surface area is 62.1 Å². The van der Waals surface area contributed by atoms with Crippen molar-refractivity contribution in [2.75, 3.05) is 0 Å². The van der Waals surface area contributed by atoms with Gasteiger partial charge in [0.25, 0.3) is 0 Å². The lowest BCUT2D eigenvalue weighted by atomic mass is 10.2. The molecule has 0 saturated heterocycles. The van der Waals surface area contributed by atoms with Crippen LogP contribution in [0.15, 0.2) is 5.16 Å². The standard InChI is InChI=1S/C5H7NO5/c1-6-11-3(5(9)10)2-4(7)8/h3H,1-2H2,(H,7,8)(H,9,10)/t3-/m1/s1. The molecule has 0 heterocycles. The van der Waals surface area contributed by atoms with Crippen molar-refractivity contribution in [3.8, 4) is 0 Å². The first-order valence-electron chi connectivity index (χ1n) is 2.64. The van der Waals surface area contributed by atoms with Gasteiger partial charge in [-0.2, -0.15) is 0 Å². The van der Waals surface area contributed by atoms with E-state index in [2.05, 4.69) is 16.7 Å². The predicted octanol–water partition coefficient (Wildman–Crippen LogP) is -0.453. The molecule has 0 spiro atoms. The van der Waals surface area contributed by atoms with Gasteiger partial charge >= 0.3 is 11.9 Å². The van der Waals surface area contributed by atoms with Crippen LogP contribution in [0.25, 0.3) is 0 Å². The number of carboxylic acid groups (broad SMARTS) is 2. The molecule has 0 aliphatic heterocycles. The van der Waals surface area contributed by atoms with Crippen molar-refractivity contribution in [3.05, 3.63) is 0 Å². The van der Waals surface area contributed by atoms with E-state index in [9.17, 15) is 9.59 Å². The molecule has 2 N–H and O–H groups in total. The SMILES string of the molecule is C=NO[C@H](CC(=O)O)C(=O)O. The lowest BCUT2D eigenvalue weighted by molar-refractivity contribution is -0.156. The second kappa shape index (κ2) is 4.26. The number of carboxylic acids is 2. The Balaban J connectivity index is 3.99. The molecule has 0 aromatic rings. The van der Waals surface area contributed by atoms with Crippen molar-refractivity contribution in [1.29, 1.82) is 0 Å². The average Bonchev–Trinajstić information content (AvgIpc) is 1.86. The molecule has 0 aromatic carbocycles. The quantitative estimate of drug-likeness (QED) is 0.420. The molecule has 6 heteroatoms. The molecule has 0 bridgehead atoms. The molecule has 62 valence electrons. The van der Waals surface area contributed by atoms with Crippen LogP contribution in [0.4, 0.5) is 0 Å². The third kappa shape index (κ3) is 3.90. The lowest BCUT2D eigenvalue weighted by Gasteiger charge is -2.05. The Bertz CT molecular complexity index is 178. The molecule has 0 unspecified atom stereocenters. The number of hydrogen-bond acceptors (Lipinski definition) is 4. The van der Waals surface area contributed by atoms with E-state index in [4.69, 9.17) is 10.2 Å². The monoisotopic (exact) mass is 161 g/mol. The van der Waals surface area contributed by atoms with Gasteiger partial charge in [0.1, 0.15) is 0 Å². The van der Waals surface area contributed by atoms with Gasteiger partial charge in [-0.15, -0.1) is 5.16 Å². The number of rotatable bonds is 5. The fraction of sp³-hybridized carbons (Fsp3) is 0.400. The van der Waals surface area contributed by atoms with Crippen LogP contribution in [0.2, 0.25) is 0 Å². The second-order valence-electron chi connectivity index (χ2n) is 1.66. The van der Waals surface area contributed by atoms with Crippen LogP contribution >= 0.6 is 0 Å². The fourth-order valence-corrected chi connectivity index (χ4v) is 0.418. The van der Waals surface area contributed by atoms with Crippen LogP contribution < -0.4 is 0 Å². The highest BCUT2D eigenvalue weighted by Gasteiger charge is 2.22. The molecule has 0 amide bonds. The molecule has 1 atom stereocenters. The van der Waals surface area contributed by atoms with Crippen molar-refractivity contribution in [3.63, 3.8) is 0 Å². The summed E-state index contributed by atoms with van der Waals surface area (Å²) in [7, 11) is 0. The van der Waals surface area contributed by atoms with Gasteiger partial charge in [-0.1, -0.05) is 0 Å². The largest absolute Gasteiger partial charge is 0.481 e. The average molecular weight is 161 g/mol. The normalized spacial score (nSPS) is 11.6. The Kier molecular flexibility index (Phi) is 3.65. The smallest absolute Gasteiger partial charge is 0.348 e. The van der Waals surface area contributed by atoms with Crippen LogP contribution in [-0.4, -0.2) is 35.0 Å². The first-order chi connectivity index (χ1) is 5.07. The Morgan fingerprint density at radius 1 is 1.55 bits per heavy atom. The third-order valence-electron chi connectivity index (χ3n) is 0.837. The summed E-state index contributed by atoms with van der Waals surface area (Å²) < 4.78 is 0. The number of oxime groups is 1. The van der Waals surface area contributed by atoms with Gasteiger partial charge in [-0.05, 0) is 0 Å². The Morgan fingerprint density at radius 2 is 2.09 bits per heavy atom. The predicted molar refractivity (Wildman–Crippen MR) is 34.3 cm³/mol. The summed E-state index contributed by atoms with van der Waals surface area (Å²) in [6.45, 7) is 2.86. The summed E-state index contributed by atoms with van der Waals surface area (Å²) in [4.78, 5) is 24.3. The van der Waals surface area contributed by atoms with Crippen molar-refractivity contribution in [1.82, 2.24) is 0 Å². The molecule has 0 saturated carbocycles. The van der Waals surface area contributed by atoms with E-state index in [-0.39, 0.29) is 0 Å². The van der Waals surface area contributed by atoms with Gasteiger partial charge in [-0.25, -0.2) is 4.79 Å². The maximum absolute atomic E-state index is 10.1. The maximum atomic E-state index is 10.1. The Morgan fingerprint density at radius 3 is 2.36 bits per heavy atom. The van der Waals surface area contributed by atoms with Crippen molar-refractivity contribution in [2.45, 2.75) is 12.5 Å². The number of nitrogens with zero attached hydrogens (tertiary/aromatic N) is 1.